The average molecular weight is 186 g/mol. The molecule has 0 bridgehead atoms. The van der Waals surface area contributed by atoms with Crippen molar-refractivity contribution >= 4 is 5.91 Å². The summed E-state index contributed by atoms with van der Waals surface area (Å²) in [7, 11) is 1.82. The van der Waals surface area contributed by atoms with E-state index in [0.29, 0.717) is 13.0 Å². The van der Waals surface area contributed by atoms with Gasteiger partial charge in [0.05, 0.1) is 12.1 Å². The molecule has 0 aliphatic heterocycles. The zero-order valence-electron chi connectivity index (χ0n) is 8.10. The van der Waals surface area contributed by atoms with Gasteiger partial charge in [0, 0.05) is 13.0 Å². The number of rotatable bonds is 5. The molecule has 0 spiro atoms. The fraction of sp³-hybridized carbons (Fsp3) is 0.889. The molecule has 1 amide bonds. The molecule has 4 nitrogen and oxygen atoms in total. The van der Waals surface area contributed by atoms with E-state index in [1.54, 1.807) is 0 Å². The topological polar surface area (TPSA) is 61.4 Å². The Kier molecular flexibility index (Phi) is 3.69. The first-order chi connectivity index (χ1) is 6.22. The van der Waals surface area contributed by atoms with E-state index in [9.17, 15) is 4.79 Å². The molecule has 0 unspecified atom stereocenters. The highest BCUT2D eigenvalue weighted by Gasteiger charge is 2.37. The lowest BCUT2D eigenvalue weighted by Gasteiger charge is -2.41. The Balaban J connectivity index is 2.25. The molecule has 0 aromatic heterocycles. The van der Waals surface area contributed by atoms with Gasteiger partial charge in [-0.3, -0.25) is 4.79 Å². The summed E-state index contributed by atoms with van der Waals surface area (Å²) in [6, 6.07) is 0. The summed E-state index contributed by atoms with van der Waals surface area (Å²) in [6.07, 6.45) is 3.41. The number of hydrogen-bond donors (Lipinski definition) is 3. The van der Waals surface area contributed by atoms with Gasteiger partial charge in [-0.15, -0.1) is 0 Å². The second-order valence-corrected chi connectivity index (χ2v) is 3.69. The summed E-state index contributed by atoms with van der Waals surface area (Å²) in [5.41, 5.74) is -0.287. The Labute approximate surface area is 78.7 Å². The summed E-state index contributed by atoms with van der Waals surface area (Å²) < 4.78 is 0. The zero-order valence-corrected chi connectivity index (χ0v) is 8.10. The van der Waals surface area contributed by atoms with Crippen LogP contribution >= 0.6 is 0 Å². The highest BCUT2D eigenvalue weighted by Crippen LogP contribution is 2.31. The van der Waals surface area contributed by atoms with E-state index in [1.807, 2.05) is 7.05 Å². The summed E-state index contributed by atoms with van der Waals surface area (Å²) in [5, 5.41) is 14.9. The van der Waals surface area contributed by atoms with Crippen molar-refractivity contribution in [3.8, 4) is 0 Å². The molecule has 1 fully saturated rings. The molecule has 1 aliphatic carbocycles. The summed E-state index contributed by atoms with van der Waals surface area (Å²) in [5.74, 6) is 0.0306. The van der Waals surface area contributed by atoms with Crippen LogP contribution in [0.4, 0.5) is 0 Å². The molecule has 0 atom stereocenters. The zero-order chi connectivity index (χ0) is 9.73. The van der Waals surface area contributed by atoms with Crippen LogP contribution in [0.2, 0.25) is 0 Å². The minimum Gasteiger partial charge on any atom is -0.394 e. The molecule has 3 N–H and O–H groups in total. The maximum absolute atomic E-state index is 11.3. The van der Waals surface area contributed by atoms with Crippen molar-refractivity contribution in [1.82, 2.24) is 10.6 Å². The van der Waals surface area contributed by atoms with Gasteiger partial charge in [0.2, 0.25) is 5.91 Å². The highest BCUT2D eigenvalue weighted by molar-refractivity contribution is 5.77. The third-order valence-corrected chi connectivity index (χ3v) is 2.62. The van der Waals surface area contributed by atoms with Crippen LogP contribution in [0.5, 0.6) is 0 Å². The minimum absolute atomic E-state index is 0.0306. The second kappa shape index (κ2) is 4.58. The van der Waals surface area contributed by atoms with Gasteiger partial charge in [-0.25, -0.2) is 0 Å². The fourth-order valence-electron chi connectivity index (χ4n) is 1.52. The van der Waals surface area contributed by atoms with Crippen LogP contribution in [-0.2, 0) is 4.79 Å². The van der Waals surface area contributed by atoms with Crippen LogP contribution in [0.15, 0.2) is 0 Å². The smallest absolute Gasteiger partial charge is 0.221 e. The lowest BCUT2D eigenvalue weighted by Crippen LogP contribution is -2.56. The number of hydrogen-bond acceptors (Lipinski definition) is 3. The Hall–Kier alpha value is -0.610. The Morgan fingerprint density at radius 3 is 2.62 bits per heavy atom. The van der Waals surface area contributed by atoms with Gasteiger partial charge in [-0.1, -0.05) is 0 Å². The van der Waals surface area contributed by atoms with Gasteiger partial charge >= 0.3 is 0 Å². The van der Waals surface area contributed by atoms with Gasteiger partial charge in [-0.2, -0.15) is 0 Å². The summed E-state index contributed by atoms with van der Waals surface area (Å²) in [6.45, 7) is 0.756. The van der Waals surface area contributed by atoms with E-state index in [4.69, 9.17) is 5.11 Å². The van der Waals surface area contributed by atoms with Crippen LogP contribution in [-0.4, -0.2) is 36.8 Å². The number of carbonyl (C=O) groups is 1. The van der Waals surface area contributed by atoms with Crippen molar-refractivity contribution in [3.05, 3.63) is 0 Å². The maximum Gasteiger partial charge on any atom is 0.221 e. The molecule has 0 heterocycles. The first-order valence-electron chi connectivity index (χ1n) is 4.79. The molecule has 1 aliphatic rings. The molecule has 1 rings (SSSR count). The molecular formula is C9H18N2O2. The highest BCUT2D eigenvalue weighted by atomic mass is 16.3. The fourth-order valence-corrected chi connectivity index (χ4v) is 1.52. The van der Waals surface area contributed by atoms with Crippen molar-refractivity contribution in [2.75, 3.05) is 20.2 Å². The number of amides is 1. The third kappa shape index (κ3) is 2.67. The molecule has 1 saturated carbocycles. The molecule has 0 saturated heterocycles. The summed E-state index contributed by atoms with van der Waals surface area (Å²) >= 11 is 0. The Bertz CT molecular complexity index is 173. The van der Waals surface area contributed by atoms with Gasteiger partial charge in [0.25, 0.3) is 0 Å². The van der Waals surface area contributed by atoms with E-state index < -0.39 is 0 Å². The van der Waals surface area contributed by atoms with E-state index >= 15 is 0 Å². The minimum atomic E-state index is -0.287. The Morgan fingerprint density at radius 1 is 1.54 bits per heavy atom. The van der Waals surface area contributed by atoms with E-state index in [-0.39, 0.29) is 18.1 Å². The van der Waals surface area contributed by atoms with Crippen molar-refractivity contribution < 1.29 is 9.90 Å². The molecule has 76 valence electrons. The molecule has 0 radical (unpaired) electrons. The predicted molar refractivity (Wildman–Crippen MR) is 50.4 cm³/mol. The normalized spacial score (nSPS) is 19.2. The molecule has 4 heteroatoms. The van der Waals surface area contributed by atoms with Crippen LogP contribution in [0.3, 0.4) is 0 Å². The SMILES string of the molecule is CNCCC(=O)NC1(CO)CCC1. The average Bonchev–Trinajstić information content (AvgIpc) is 2.08. The van der Waals surface area contributed by atoms with E-state index in [1.165, 1.54) is 0 Å². The largest absolute Gasteiger partial charge is 0.394 e. The van der Waals surface area contributed by atoms with Crippen molar-refractivity contribution in [1.29, 1.82) is 0 Å². The maximum atomic E-state index is 11.3. The van der Waals surface area contributed by atoms with Crippen LogP contribution in [0.25, 0.3) is 0 Å². The lowest BCUT2D eigenvalue weighted by atomic mass is 9.77. The molecule has 0 aromatic carbocycles. The molecular weight excluding hydrogens is 168 g/mol. The second-order valence-electron chi connectivity index (χ2n) is 3.69. The van der Waals surface area contributed by atoms with Crippen LogP contribution < -0.4 is 10.6 Å². The van der Waals surface area contributed by atoms with Gasteiger partial charge in [0.1, 0.15) is 0 Å². The van der Waals surface area contributed by atoms with E-state index in [0.717, 1.165) is 19.3 Å². The number of nitrogens with one attached hydrogen (secondary N) is 2. The monoisotopic (exact) mass is 186 g/mol. The van der Waals surface area contributed by atoms with Crippen molar-refractivity contribution in [2.45, 2.75) is 31.2 Å². The number of carbonyl (C=O) groups excluding carboxylic acids is 1. The van der Waals surface area contributed by atoms with Crippen molar-refractivity contribution in [2.24, 2.45) is 0 Å². The number of aliphatic hydroxyl groups is 1. The van der Waals surface area contributed by atoms with Gasteiger partial charge < -0.3 is 15.7 Å². The first-order valence-corrected chi connectivity index (χ1v) is 4.79. The standard InChI is InChI=1S/C9H18N2O2/c1-10-6-3-8(13)11-9(7-12)4-2-5-9/h10,12H,2-7H2,1H3,(H,11,13). The van der Waals surface area contributed by atoms with Crippen LogP contribution in [0.1, 0.15) is 25.7 Å². The van der Waals surface area contributed by atoms with E-state index in [2.05, 4.69) is 10.6 Å². The summed E-state index contributed by atoms with van der Waals surface area (Å²) in [4.78, 5) is 11.3. The van der Waals surface area contributed by atoms with Gasteiger partial charge in [0.15, 0.2) is 0 Å². The van der Waals surface area contributed by atoms with Crippen LogP contribution in [0, 0.1) is 0 Å². The predicted octanol–water partition coefficient (Wildman–Crippen LogP) is -0.373. The third-order valence-electron chi connectivity index (χ3n) is 2.62. The Morgan fingerprint density at radius 2 is 2.23 bits per heavy atom. The number of aliphatic hydroxyl groups excluding tert-OH is 1. The quantitative estimate of drug-likeness (QED) is 0.549. The lowest BCUT2D eigenvalue weighted by molar-refractivity contribution is -0.124. The van der Waals surface area contributed by atoms with Crippen molar-refractivity contribution in [3.63, 3.8) is 0 Å². The molecule has 0 aromatic rings. The first kappa shape index (κ1) is 10.5. The molecule has 13 heavy (non-hydrogen) atoms. The van der Waals surface area contributed by atoms with Gasteiger partial charge in [-0.05, 0) is 26.3 Å².